The Bertz CT molecular complexity index is 1020. The third-order valence-corrected chi connectivity index (χ3v) is 7.21. The lowest BCUT2D eigenvalue weighted by atomic mass is 9.87. The van der Waals surface area contributed by atoms with Gasteiger partial charge in [0.15, 0.2) is 0 Å². The molecule has 2 aliphatic rings. The number of carbonyl (C=O) groups is 2. The fourth-order valence-corrected chi connectivity index (χ4v) is 5.23. The molecule has 188 valence electrons. The van der Waals surface area contributed by atoms with Crippen molar-refractivity contribution in [1.82, 2.24) is 15.1 Å². The van der Waals surface area contributed by atoms with E-state index in [9.17, 15) is 14.0 Å². The third kappa shape index (κ3) is 5.95. The molecule has 2 saturated heterocycles. The highest BCUT2D eigenvalue weighted by molar-refractivity contribution is 5.81. The molecule has 3 amide bonds. The maximum atomic E-state index is 14.2. The summed E-state index contributed by atoms with van der Waals surface area (Å²) in [5.74, 6) is -0.341. The van der Waals surface area contributed by atoms with Gasteiger partial charge in [0, 0.05) is 39.3 Å². The van der Waals surface area contributed by atoms with E-state index in [-0.39, 0.29) is 29.7 Å². The van der Waals surface area contributed by atoms with Gasteiger partial charge in [0.1, 0.15) is 5.82 Å². The SMILES string of the molecule is CCCCNC(=O)N1CC(C(=O)N2CCN(c3ccccc3F)CC2)CCC1c1cccc(C)c1. The van der Waals surface area contributed by atoms with Crippen LogP contribution in [0.25, 0.3) is 0 Å². The Balaban J connectivity index is 1.42. The van der Waals surface area contributed by atoms with Crippen LogP contribution in [0.4, 0.5) is 14.9 Å². The number of hydrogen-bond donors (Lipinski definition) is 1. The Morgan fingerprint density at radius 3 is 2.51 bits per heavy atom. The number of piperidine rings is 1. The van der Waals surface area contributed by atoms with Gasteiger partial charge in [0.2, 0.25) is 5.91 Å². The van der Waals surface area contributed by atoms with Gasteiger partial charge >= 0.3 is 6.03 Å². The zero-order valence-corrected chi connectivity index (χ0v) is 20.9. The molecule has 2 unspecified atom stereocenters. The van der Waals surface area contributed by atoms with E-state index in [2.05, 4.69) is 37.4 Å². The molecule has 0 aliphatic carbocycles. The minimum atomic E-state index is -0.230. The highest BCUT2D eigenvalue weighted by Gasteiger charge is 2.37. The molecule has 35 heavy (non-hydrogen) atoms. The number of aryl methyl sites for hydroxylation is 1. The minimum absolute atomic E-state index is 0.0292. The van der Waals surface area contributed by atoms with Gasteiger partial charge in [-0.25, -0.2) is 9.18 Å². The number of halogens is 1. The number of nitrogens with zero attached hydrogens (tertiary/aromatic N) is 3. The topological polar surface area (TPSA) is 55.9 Å². The largest absolute Gasteiger partial charge is 0.366 e. The number of likely N-dealkylation sites (tertiary alicyclic amines) is 1. The first kappa shape index (κ1) is 25.0. The second-order valence-corrected chi connectivity index (χ2v) is 9.71. The monoisotopic (exact) mass is 480 g/mol. The van der Waals surface area contributed by atoms with Crippen LogP contribution in [0, 0.1) is 18.7 Å². The van der Waals surface area contributed by atoms with Gasteiger partial charge in [-0.2, -0.15) is 0 Å². The van der Waals surface area contributed by atoms with Gasteiger partial charge < -0.3 is 20.0 Å². The average molecular weight is 481 g/mol. The molecule has 2 atom stereocenters. The number of nitrogens with one attached hydrogen (secondary N) is 1. The second kappa shape index (κ2) is 11.6. The van der Waals surface area contributed by atoms with Gasteiger partial charge in [-0.3, -0.25) is 4.79 Å². The molecular weight excluding hydrogens is 443 g/mol. The second-order valence-electron chi connectivity index (χ2n) is 9.71. The summed E-state index contributed by atoms with van der Waals surface area (Å²) < 4.78 is 14.2. The lowest BCUT2D eigenvalue weighted by Crippen LogP contribution is -2.54. The molecule has 0 saturated carbocycles. The molecule has 6 nitrogen and oxygen atoms in total. The first-order valence-electron chi connectivity index (χ1n) is 12.9. The molecule has 0 radical (unpaired) electrons. The van der Waals surface area contributed by atoms with Gasteiger partial charge in [-0.05, 0) is 43.9 Å². The summed E-state index contributed by atoms with van der Waals surface area (Å²) in [5.41, 5.74) is 2.88. The Kier molecular flexibility index (Phi) is 8.26. The van der Waals surface area contributed by atoms with Crippen molar-refractivity contribution in [3.05, 3.63) is 65.5 Å². The summed E-state index contributed by atoms with van der Waals surface area (Å²) in [7, 11) is 0. The van der Waals surface area contributed by atoms with Crippen molar-refractivity contribution >= 4 is 17.6 Å². The predicted octanol–water partition coefficient (Wildman–Crippen LogP) is 4.75. The standard InChI is InChI=1S/C28H37FN4O2/c1-3-4-14-30-28(35)33-20-23(12-13-25(33)22-9-7-8-21(2)19-22)27(34)32-17-15-31(16-18-32)26-11-6-5-10-24(26)29/h5-11,19,23,25H,3-4,12-18,20H2,1-2H3,(H,30,35). The summed E-state index contributed by atoms with van der Waals surface area (Å²) >= 11 is 0. The Morgan fingerprint density at radius 2 is 1.80 bits per heavy atom. The van der Waals surface area contributed by atoms with Gasteiger partial charge in [-0.1, -0.05) is 55.3 Å². The molecule has 1 N–H and O–H groups in total. The summed E-state index contributed by atoms with van der Waals surface area (Å²) in [6.07, 6.45) is 3.46. The zero-order chi connectivity index (χ0) is 24.8. The van der Waals surface area contributed by atoms with E-state index in [0.717, 1.165) is 31.2 Å². The number of anilines is 1. The van der Waals surface area contributed by atoms with Crippen molar-refractivity contribution in [3.8, 4) is 0 Å². The van der Waals surface area contributed by atoms with E-state index in [4.69, 9.17) is 0 Å². The van der Waals surface area contributed by atoms with E-state index < -0.39 is 0 Å². The highest BCUT2D eigenvalue weighted by Crippen LogP contribution is 2.35. The van der Waals surface area contributed by atoms with Gasteiger partial charge in [0.25, 0.3) is 0 Å². The molecule has 2 fully saturated rings. The number of para-hydroxylation sites is 1. The highest BCUT2D eigenvalue weighted by atomic mass is 19.1. The first-order valence-corrected chi connectivity index (χ1v) is 12.9. The van der Waals surface area contributed by atoms with Crippen molar-refractivity contribution < 1.29 is 14.0 Å². The summed E-state index contributed by atoms with van der Waals surface area (Å²) in [4.78, 5) is 32.4. The lowest BCUT2D eigenvalue weighted by Gasteiger charge is -2.42. The van der Waals surface area contributed by atoms with E-state index in [1.54, 1.807) is 12.1 Å². The number of carbonyl (C=O) groups excluding carboxylic acids is 2. The Labute approximate surface area is 208 Å². The van der Waals surface area contributed by atoms with Crippen LogP contribution in [0.3, 0.4) is 0 Å². The van der Waals surface area contributed by atoms with Crippen molar-refractivity contribution in [3.63, 3.8) is 0 Å². The van der Waals surface area contributed by atoms with Crippen LogP contribution in [0.15, 0.2) is 48.5 Å². The average Bonchev–Trinajstić information content (AvgIpc) is 2.88. The van der Waals surface area contributed by atoms with Crippen molar-refractivity contribution in [2.24, 2.45) is 5.92 Å². The number of urea groups is 1. The predicted molar refractivity (Wildman–Crippen MR) is 137 cm³/mol. The molecule has 2 aromatic carbocycles. The maximum Gasteiger partial charge on any atom is 0.317 e. The minimum Gasteiger partial charge on any atom is -0.366 e. The van der Waals surface area contributed by atoms with Crippen molar-refractivity contribution in [2.45, 2.75) is 45.6 Å². The van der Waals surface area contributed by atoms with Crippen molar-refractivity contribution in [1.29, 1.82) is 0 Å². The summed E-state index contributed by atoms with van der Waals surface area (Å²) in [5, 5.41) is 3.06. The summed E-state index contributed by atoms with van der Waals surface area (Å²) in [6.45, 7) is 7.56. The number of hydrogen-bond acceptors (Lipinski definition) is 3. The van der Waals surface area contributed by atoms with Gasteiger partial charge in [-0.15, -0.1) is 0 Å². The number of amides is 3. The molecule has 0 spiro atoms. The number of piperazine rings is 1. The molecule has 7 heteroatoms. The molecule has 0 aromatic heterocycles. The Morgan fingerprint density at radius 1 is 1.03 bits per heavy atom. The first-order chi connectivity index (χ1) is 17.0. The van der Waals surface area contributed by atoms with E-state index in [0.29, 0.717) is 45.0 Å². The number of rotatable bonds is 6. The Hall–Kier alpha value is -3.09. The molecule has 0 bridgehead atoms. The fourth-order valence-electron chi connectivity index (χ4n) is 5.23. The molecule has 2 aliphatic heterocycles. The quantitative estimate of drug-likeness (QED) is 0.608. The maximum absolute atomic E-state index is 14.2. The molecule has 2 heterocycles. The van der Waals surface area contributed by atoms with Crippen LogP contribution in [0.2, 0.25) is 0 Å². The normalized spacial score (nSPS) is 20.6. The molecule has 2 aromatic rings. The van der Waals surface area contributed by atoms with E-state index >= 15 is 0 Å². The summed E-state index contributed by atoms with van der Waals surface area (Å²) in [6, 6.07) is 15.0. The zero-order valence-electron chi connectivity index (χ0n) is 20.9. The van der Waals surface area contributed by atoms with Crippen molar-refractivity contribution in [2.75, 3.05) is 44.2 Å². The number of unbranched alkanes of at least 4 members (excludes halogenated alkanes) is 1. The smallest absolute Gasteiger partial charge is 0.317 e. The van der Waals surface area contributed by atoms with E-state index in [1.807, 2.05) is 26.8 Å². The van der Waals surface area contributed by atoms with Crippen LogP contribution >= 0.6 is 0 Å². The third-order valence-electron chi connectivity index (χ3n) is 7.21. The van der Waals surface area contributed by atoms with Gasteiger partial charge in [0.05, 0.1) is 17.6 Å². The fraction of sp³-hybridized carbons (Fsp3) is 0.500. The molecular formula is C28H37FN4O2. The molecule has 4 rings (SSSR count). The van der Waals surface area contributed by atoms with Crippen LogP contribution in [0.1, 0.15) is 49.8 Å². The van der Waals surface area contributed by atoms with Crippen LogP contribution in [-0.2, 0) is 4.79 Å². The van der Waals surface area contributed by atoms with Crippen LogP contribution in [-0.4, -0.2) is 61.0 Å². The lowest BCUT2D eigenvalue weighted by molar-refractivity contribution is -0.137. The van der Waals surface area contributed by atoms with Crippen LogP contribution < -0.4 is 10.2 Å². The van der Waals surface area contributed by atoms with Crippen LogP contribution in [0.5, 0.6) is 0 Å². The van der Waals surface area contributed by atoms with E-state index in [1.165, 1.54) is 11.6 Å². The number of benzene rings is 2.